The van der Waals surface area contributed by atoms with Gasteiger partial charge in [0.1, 0.15) is 11.5 Å². The van der Waals surface area contributed by atoms with E-state index in [1.165, 1.54) is 24.3 Å². The molecule has 1 aliphatic carbocycles. The summed E-state index contributed by atoms with van der Waals surface area (Å²) >= 11 is 0. The van der Waals surface area contributed by atoms with Gasteiger partial charge in [-0.25, -0.2) is 0 Å². The maximum atomic E-state index is 12.5. The molecule has 6 nitrogen and oxygen atoms in total. The molecule has 0 unspecified atom stereocenters. The van der Waals surface area contributed by atoms with E-state index in [0.717, 1.165) is 0 Å². The summed E-state index contributed by atoms with van der Waals surface area (Å²) in [6, 6.07) is 5.35. The highest BCUT2D eigenvalue weighted by Gasteiger charge is 2.35. The van der Waals surface area contributed by atoms with Gasteiger partial charge < -0.3 is 20.4 Å². The molecule has 0 aliphatic heterocycles. The van der Waals surface area contributed by atoms with Gasteiger partial charge in [-0.3, -0.25) is 9.59 Å². The Balaban J connectivity index is 2.32. The number of carbonyl (C=O) groups excluding carboxylic acids is 2. The summed E-state index contributed by atoms with van der Waals surface area (Å²) in [4.78, 5) is 25.1. The highest BCUT2D eigenvalue weighted by atomic mass is 16.3. The van der Waals surface area contributed by atoms with Crippen molar-refractivity contribution in [3.63, 3.8) is 0 Å². The van der Waals surface area contributed by atoms with Crippen molar-refractivity contribution in [3.05, 3.63) is 57.6 Å². The van der Waals surface area contributed by atoms with Crippen LogP contribution in [0, 0.1) is 0 Å². The lowest BCUT2D eigenvalue weighted by atomic mass is 9.81. The van der Waals surface area contributed by atoms with Crippen LogP contribution in [0.4, 0.5) is 0 Å². The molecule has 0 bridgehead atoms. The molecule has 0 saturated carbocycles. The molecule has 3 rings (SSSR count). The fourth-order valence-electron chi connectivity index (χ4n) is 2.63. The number of aliphatic hydroxyl groups excluding tert-OH is 2. The van der Waals surface area contributed by atoms with Crippen molar-refractivity contribution in [1.82, 2.24) is 0 Å². The van der Waals surface area contributed by atoms with E-state index in [1.807, 2.05) is 0 Å². The van der Waals surface area contributed by atoms with Crippen LogP contribution in [0.3, 0.4) is 0 Å². The van der Waals surface area contributed by atoms with E-state index in [-0.39, 0.29) is 33.4 Å². The Hall–Kier alpha value is -2.70. The van der Waals surface area contributed by atoms with Crippen molar-refractivity contribution >= 4 is 11.6 Å². The number of benzene rings is 2. The Morgan fingerprint density at radius 3 is 1.36 bits per heavy atom. The smallest absolute Gasteiger partial charge is 0.198 e. The molecule has 0 fully saturated rings. The van der Waals surface area contributed by atoms with Crippen molar-refractivity contribution in [3.8, 4) is 11.5 Å². The summed E-state index contributed by atoms with van der Waals surface area (Å²) in [6.07, 6.45) is 0. The third-order valence-corrected chi connectivity index (χ3v) is 3.81. The second kappa shape index (κ2) is 4.94. The predicted molar refractivity (Wildman–Crippen MR) is 74.9 cm³/mol. The highest BCUT2D eigenvalue weighted by molar-refractivity contribution is 6.30. The van der Waals surface area contributed by atoms with Crippen molar-refractivity contribution in [2.45, 2.75) is 13.2 Å². The number of aliphatic hydroxyl groups is 2. The number of carbonyl (C=O) groups is 2. The molecule has 0 amide bonds. The second-order valence-electron chi connectivity index (χ2n) is 4.97. The Labute approximate surface area is 124 Å². The highest BCUT2D eigenvalue weighted by Crippen LogP contribution is 2.39. The Morgan fingerprint density at radius 1 is 0.682 bits per heavy atom. The zero-order valence-corrected chi connectivity index (χ0v) is 11.3. The van der Waals surface area contributed by atoms with Gasteiger partial charge in [-0.2, -0.15) is 0 Å². The molecular weight excluding hydrogens is 288 g/mol. The number of hydrogen-bond donors (Lipinski definition) is 4. The molecule has 0 saturated heterocycles. The van der Waals surface area contributed by atoms with Gasteiger partial charge in [0.2, 0.25) is 0 Å². The van der Waals surface area contributed by atoms with Gasteiger partial charge >= 0.3 is 0 Å². The van der Waals surface area contributed by atoms with E-state index in [9.17, 15) is 19.8 Å². The molecular formula is C16H12O6. The van der Waals surface area contributed by atoms with Crippen LogP contribution < -0.4 is 0 Å². The Morgan fingerprint density at radius 2 is 1.05 bits per heavy atom. The van der Waals surface area contributed by atoms with Crippen LogP contribution in [0.25, 0.3) is 0 Å². The van der Waals surface area contributed by atoms with Gasteiger partial charge in [-0.05, 0) is 12.1 Å². The lowest BCUT2D eigenvalue weighted by Crippen LogP contribution is -2.22. The number of aromatic hydroxyl groups is 2. The molecule has 0 heterocycles. The van der Waals surface area contributed by atoms with E-state index in [1.54, 1.807) is 0 Å². The summed E-state index contributed by atoms with van der Waals surface area (Å²) in [5.41, 5.74) is -0.172. The summed E-state index contributed by atoms with van der Waals surface area (Å²) in [7, 11) is 0. The normalized spacial score (nSPS) is 13.0. The summed E-state index contributed by atoms with van der Waals surface area (Å²) in [5, 5.41) is 38.5. The maximum Gasteiger partial charge on any atom is 0.198 e. The van der Waals surface area contributed by atoms with Crippen LogP contribution in [0.15, 0.2) is 24.3 Å². The largest absolute Gasteiger partial charge is 0.507 e. The second-order valence-corrected chi connectivity index (χ2v) is 4.97. The average molecular weight is 300 g/mol. The lowest BCUT2D eigenvalue weighted by molar-refractivity contribution is 0.0973. The molecule has 0 aromatic heterocycles. The van der Waals surface area contributed by atoms with E-state index < -0.39 is 36.3 Å². The summed E-state index contributed by atoms with van der Waals surface area (Å²) in [6.45, 7) is -0.940. The quantitative estimate of drug-likeness (QED) is 0.558. The van der Waals surface area contributed by atoms with Gasteiger partial charge in [-0.15, -0.1) is 0 Å². The van der Waals surface area contributed by atoms with Crippen LogP contribution in [-0.4, -0.2) is 32.0 Å². The summed E-state index contributed by atoms with van der Waals surface area (Å²) < 4.78 is 0. The molecule has 4 N–H and O–H groups in total. The minimum absolute atomic E-state index is 0.0439. The minimum Gasteiger partial charge on any atom is -0.507 e. The third-order valence-electron chi connectivity index (χ3n) is 3.81. The first kappa shape index (κ1) is 14.2. The average Bonchev–Trinajstić information content (AvgIpc) is 2.52. The van der Waals surface area contributed by atoms with Crippen LogP contribution in [0.1, 0.15) is 43.0 Å². The first-order chi connectivity index (χ1) is 10.5. The molecule has 0 spiro atoms. The number of phenols is 2. The number of ketones is 2. The molecule has 2 aromatic carbocycles. The van der Waals surface area contributed by atoms with Crippen molar-refractivity contribution in [2.24, 2.45) is 0 Å². The van der Waals surface area contributed by atoms with Gasteiger partial charge in [0.15, 0.2) is 11.6 Å². The van der Waals surface area contributed by atoms with E-state index in [0.29, 0.717) is 0 Å². The van der Waals surface area contributed by atoms with Crippen molar-refractivity contribution in [1.29, 1.82) is 0 Å². The number of fused-ring (bicyclic) bond motifs is 2. The van der Waals surface area contributed by atoms with Gasteiger partial charge in [0, 0.05) is 22.3 Å². The molecule has 112 valence electrons. The molecule has 6 heteroatoms. The molecule has 22 heavy (non-hydrogen) atoms. The lowest BCUT2D eigenvalue weighted by Gasteiger charge is -2.21. The van der Waals surface area contributed by atoms with Gasteiger partial charge in [0.25, 0.3) is 0 Å². The standard InChI is InChI=1S/C16H12O6/c17-5-7-1-3-9-11(13(7)19)16(22)10-4-2-8(6-18)14(20)12(10)15(9)21/h1-4,17-20H,5-6H2. The van der Waals surface area contributed by atoms with Gasteiger partial charge in [0.05, 0.1) is 24.3 Å². The van der Waals surface area contributed by atoms with E-state index >= 15 is 0 Å². The molecule has 0 radical (unpaired) electrons. The first-order valence-electron chi connectivity index (χ1n) is 6.52. The molecule has 2 aromatic rings. The zero-order valence-electron chi connectivity index (χ0n) is 11.3. The fraction of sp³-hybridized carbons (Fsp3) is 0.125. The first-order valence-corrected chi connectivity index (χ1v) is 6.52. The summed E-state index contributed by atoms with van der Waals surface area (Å²) in [5.74, 6) is -2.10. The minimum atomic E-state index is -0.614. The van der Waals surface area contributed by atoms with Crippen LogP contribution >= 0.6 is 0 Å². The topological polar surface area (TPSA) is 115 Å². The predicted octanol–water partition coefficient (Wildman–Crippen LogP) is 0.858. The number of hydrogen-bond acceptors (Lipinski definition) is 6. The maximum absolute atomic E-state index is 12.5. The van der Waals surface area contributed by atoms with E-state index in [4.69, 9.17) is 10.2 Å². The van der Waals surface area contributed by atoms with Crippen LogP contribution in [0.2, 0.25) is 0 Å². The van der Waals surface area contributed by atoms with Crippen LogP contribution in [0.5, 0.6) is 11.5 Å². The van der Waals surface area contributed by atoms with E-state index in [2.05, 4.69) is 0 Å². The van der Waals surface area contributed by atoms with Gasteiger partial charge in [-0.1, -0.05) is 12.1 Å². The number of rotatable bonds is 2. The van der Waals surface area contributed by atoms with Crippen LogP contribution in [-0.2, 0) is 13.2 Å². The Bertz CT molecular complexity index is 752. The monoisotopic (exact) mass is 300 g/mol. The SMILES string of the molecule is O=C1c2ccc(CO)c(O)c2C(=O)c2ccc(CO)c(O)c21. The van der Waals surface area contributed by atoms with Crippen molar-refractivity contribution in [2.75, 3.05) is 0 Å². The molecule has 0 atom stereocenters. The fourth-order valence-corrected chi connectivity index (χ4v) is 2.63. The zero-order chi connectivity index (χ0) is 16.0. The van der Waals surface area contributed by atoms with Crippen molar-refractivity contribution < 1.29 is 30.0 Å². The third kappa shape index (κ3) is 1.75. The molecule has 1 aliphatic rings. The Kier molecular flexibility index (Phi) is 3.20.